The molecule has 146 valence electrons. The van der Waals surface area contributed by atoms with Gasteiger partial charge < -0.3 is 14.1 Å². The Kier molecular flexibility index (Phi) is 6.36. The summed E-state index contributed by atoms with van der Waals surface area (Å²) in [5.74, 6) is 1.18. The summed E-state index contributed by atoms with van der Waals surface area (Å²) in [7, 11) is 1.56. The number of rotatable bonds is 6. The molecule has 1 amide bonds. The monoisotopic (exact) mass is 463 g/mol. The number of benzene rings is 2. The number of carbonyl (C=O) groups excluding carboxylic acids is 1. The second-order valence-corrected chi connectivity index (χ2v) is 7.67. The fourth-order valence-electron chi connectivity index (χ4n) is 2.61. The number of hydrogen-bond donors (Lipinski definition) is 0. The zero-order chi connectivity index (χ0) is 20.3. The Hall–Kier alpha value is -2.38. The average molecular weight is 465 g/mol. The summed E-state index contributed by atoms with van der Waals surface area (Å²) in [6, 6.07) is 12.3. The van der Waals surface area contributed by atoms with Gasteiger partial charge in [0.2, 0.25) is 11.8 Å². The predicted octanol–water partition coefficient (Wildman–Crippen LogP) is 5.21. The zero-order valence-corrected chi connectivity index (χ0v) is 18.0. The van der Waals surface area contributed by atoms with Gasteiger partial charge in [0.15, 0.2) is 0 Å². The van der Waals surface area contributed by atoms with Gasteiger partial charge in [0.25, 0.3) is 5.91 Å². The van der Waals surface area contributed by atoms with E-state index >= 15 is 0 Å². The van der Waals surface area contributed by atoms with E-state index in [2.05, 4.69) is 26.1 Å². The van der Waals surface area contributed by atoms with Crippen molar-refractivity contribution in [3.8, 4) is 17.2 Å². The number of methoxy groups -OCH3 is 1. The van der Waals surface area contributed by atoms with Crippen LogP contribution in [0.3, 0.4) is 0 Å². The minimum absolute atomic E-state index is 0.0727. The van der Waals surface area contributed by atoms with Crippen LogP contribution in [-0.2, 0) is 6.54 Å². The Bertz CT molecular complexity index is 973. The van der Waals surface area contributed by atoms with E-state index in [-0.39, 0.29) is 18.5 Å². The van der Waals surface area contributed by atoms with E-state index in [0.717, 1.165) is 5.56 Å². The summed E-state index contributed by atoms with van der Waals surface area (Å²) >= 11 is 9.35. The van der Waals surface area contributed by atoms with Gasteiger partial charge in [-0.2, -0.15) is 0 Å². The number of amides is 1. The Morgan fingerprint density at radius 1 is 1.21 bits per heavy atom. The standard InChI is InChI=1S/C20H19BrClN3O3/c1-12(2)25(20(26)16-10-15(27-3)8-9-17(16)21)11-18-23-24-19(28-18)13-4-6-14(22)7-5-13/h4-10,12H,11H2,1-3H3. The molecule has 1 heterocycles. The van der Waals surface area contributed by atoms with Crippen LogP contribution in [0.25, 0.3) is 11.5 Å². The van der Waals surface area contributed by atoms with Crippen LogP contribution in [0.5, 0.6) is 5.75 Å². The SMILES string of the molecule is COc1ccc(Br)c(C(=O)N(Cc2nnc(-c3ccc(Cl)cc3)o2)C(C)C)c1. The molecule has 6 nitrogen and oxygen atoms in total. The Labute approximate surface area is 176 Å². The summed E-state index contributed by atoms with van der Waals surface area (Å²) < 4.78 is 11.7. The van der Waals surface area contributed by atoms with Gasteiger partial charge in [-0.25, -0.2) is 0 Å². The molecule has 3 aromatic rings. The Morgan fingerprint density at radius 2 is 1.93 bits per heavy atom. The maximum atomic E-state index is 13.1. The molecule has 0 fully saturated rings. The summed E-state index contributed by atoms with van der Waals surface area (Å²) in [4.78, 5) is 14.8. The topological polar surface area (TPSA) is 68.5 Å². The third-order valence-electron chi connectivity index (χ3n) is 4.15. The molecule has 3 rings (SSSR count). The first kappa shape index (κ1) is 20.4. The van der Waals surface area contributed by atoms with E-state index in [4.69, 9.17) is 20.8 Å². The minimum Gasteiger partial charge on any atom is -0.497 e. The third-order valence-corrected chi connectivity index (χ3v) is 5.10. The highest BCUT2D eigenvalue weighted by atomic mass is 79.9. The smallest absolute Gasteiger partial charge is 0.255 e. The molecule has 0 unspecified atom stereocenters. The lowest BCUT2D eigenvalue weighted by Crippen LogP contribution is -2.36. The quantitative estimate of drug-likeness (QED) is 0.501. The van der Waals surface area contributed by atoms with Crippen LogP contribution >= 0.6 is 27.5 Å². The van der Waals surface area contributed by atoms with Crippen LogP contribution in [0.4, 0.5) is 0 Å². The molecule has 0 bridgehead atoms. The van der Waals surface area contributed by atoms with Crippen LogP contribution < -0.4 is 4.74 Å². The molecule has 0 N–H and O–H groups in total. The average Bonchev–Trinajstić information content (AvgIpc) is 3.15. The molecule has 0 radical (unpaired) electrons. The number of hydrogen-bond acceptors (Lipinski definition) is 5. The van der Waals surface area contributed by atoms with Gasteiger partial charge in [-0.15, -0.1) is 10.2 Å². The highest BCUT2D eigenvalue weighted by Crippen LogP contribution is 2.26. The zero-order valence-electron chi connectivity index (χ0n) is 15.6. The molecule has 0 spiro atoms. The highest BCUT2D eigenvalue weighted by Gasteiger charge is 2.24. The molecular formula is C20H19BrClN3O3. The van der Waals surface area contributed by atoms with Crippen LogP contribution in [0.1, 0.15) is 30.1 Å². The van der Waals surface area contributed by atoms with Gasteiger partial charge >= 0.3 is 0 Å². The van der Waals surface area contributed by atoms with E-state index in [1.165, 1.54) is 0 Å². The highest BCUT2D eigenvalue weighted by molar-refractivity contribution is 9.10. The Balaban J connectivity index is 1.84. The van der Waals surface area contributed by atoms with Gasteiger partial charge in [0, 0.05) is 21.1 Å². The summed E-state index contributed by atoms with van der Waals surface area (Å²) in [6.07, 6.45) is 0. The first-order valence-corrected chi connectivity index (χ1v) is 9.79. The molecule has 2 aromatic carbocycles. The van der Waals surface area contributed by atoms with Crippen LogP contribution in [0, 0.1) is 0 Å². The van der Waals surface area contributed by atoms with Crippen molar-refractivity contribution in [2.75, 3.05) is 7.11 Å². The largest absolute Gasteiger partial charge is 0.497 e. The van der Waals surface area contributed by atoms with Gasteiger partial charge in [-0.1, -0.05) is 11.6 Å². The fraction of sp³-hybridized carbons (Fsp3) is 0.250. The van der Waals surface area contributed by atoms with Crippen molar-refractivity contribution in [2.24, 2.45) is 0 Å². The predicted molar refractivity (Wildman–Crippen MR) is 110 cm³/mol. The first-order chi connectivity index (χ1) is 13.4. The van der Waals surface area contributed by atoms with Crippen molar-refractivity contribution in [3.63, 3.8) is 0 Å². The maximum Gasteiger partial charge on any atom is 0.255 e. The maximum absolute atomic E-state index is 13.1. The van der Waals surface area contributed by atoms with Crippen LogP contribution in [0.15, 0.2) is 51.4 Å². The molecule has 0 saturated carbocycles. The van der Waals surface area contributed by atoms with Crippen molar-refractivity contribution in [3.05, 3.63) is 63.4 Å². The lowest BCUT2D eigenvalue weighted by Gasteiger charge is -2.25. The molecule has 0 atom stereocenters. The van der Waals surface area contributed by atoms with Gasteiger partial charge in [0.1, 0.15) is 5.75 Å². The van der Waals surface area contributed by atoms with Gasteiger partial charge in [-0.3, -0.25) is 4.79 Å². The lowest BCUT2D eigenvalue weighted by molar-refractivity contribution is 0.0671. The number of halogens is 2. The van der Waals surface area contributed by atoms with Crippen LogP contribution in [-0.4, -0.2) is 34.2 Å². The summed E-state index contributed by atoms with van der Waals surface area (Å²) in [5, 5.41) is 8.80. The van der Waals surface area contributed by atoms with Crippen LogP contribution in [0.2, 0.25) is 5.02 Å². The van der Waals surface area contributed by atoms with E-state index in [9.17, 15) is 4.79 Å². The Morgan fingerprint density at radius 3 is 2.57 bits per heavy atom. The minimum atomic E-state index is -0.160. The van der Waals surface area contributed by atoms with Crippen molar-refractivity contribution in [2.45, 2.75) is 26.4 Å². The van der Waals surface area contributed by atoms with E-state index in [1.807, 2.05) is 13.8 Å². The van der Waals surface area contributed by atoms with Gasteiger partial charge in [0.05, 0.1) is 19.2 Å². The second-order valence-electron chi connectivity index (χ2n) is 6.38. The number of aromatic nitrogens is 2. The molecule has 0 aliphatic carbocycles. The van der Waals surface area contributed by atoms with Crippen molar-refractivity contribution in [1.29, 1.82) is 0 Å². The summed E-state index contributed by atoms with van der Waals surface area (Å²) in [5.41, 5.74) is 1.27. The van der Waals surface area contributed by atoms with Crippen molar-refractivity contribution in [1.82, 2.24) is 15.1 Å². The second kappa shape index (κ2) is 8.75. The molecule has 0 aliphatic rings. The first-order valence-electron chi connectivity index (χ1n) is 8.62. The van der Waals surface area contributed by atoms with E-state index in [1.54, 1.807) is 54.5 Å². The molecule has 28 heavy (non-hydrogen) atoms. The molecule has 8 heteroatoms. The van der Waals surface area contributed by atoms with Crippen molar-refractivity contribution < 1.29 is 13.9 Å². The van der Waals surface area contributed by atoms with E-state index < -0.39 is 0 Å². The van der Waals surface area contributed by atoms with Gasteiger partial charge in [-0.05, 0) is 72.2 Å². The molecular weight excluding hydrogens is 446 g/mol. The van der Waals surface area contributed by atoms with E-state index in [0.29, 0.717) is 32.6 Å². The lowest BCUT2D eigenvalue weighted by atomic mass is 10.1. The fourth-order valence-corrected chi connectivity index (χ4v) is 3.15. The molecule has 0 saturated heterocycles. The molecule has 1 aromatic heterocycles. The number of carbonyl (C=O) groups is 1. The molecule has 0 aliphatic heterocycles. The number of nitrogens with zero attached hydrogens (tertiary/aromatic N) is 3. The summed E-state index contributed by atoms with van der Waals surface area (Å²) in [6.45, 7) is 4.06. The number of ether oxygens (including phenoxy) is 1. The van der Waals surface area contributed by atoms with Crippen molar-refractivity contribution >= 4 is 33.4 Å². The third kappa shape index (κ3) is 4.54. The normalized spacial score (nSPS) is 10.9.